The van der Waals surface area contributed by atoms with Gasteiger partial charge in [0.1, 0.15) is 5.75 Å². The van der Waals surface area contributed by atoms with Gasteiger partial charge in [0.2, 0.25) is 5.91 Å². The van der Waals surface area contributed by atoms with E-state index in [1.807, 2.05) is 48.9 Å². The molecule has 2 amide bonds. The summed E-state index contributed by atoms with van der Waals surface area (Å²) in [5.74, 6) is 2.38. The third-order valence-corrected chi connectivity index (χ3v) is 7.98. The summed E-state index contributed by atoms with van der Waals surface area (Å²) in [6, 6.07) is 13.3. The molecule has 2 heterocycles. The average molecular weight is 730 g/mol. The first-order valence-corrected chi connectivity index (χ1v) is 16.3. The van der Waals surface area contributed by atoms with Gasteiger partial charge in [-0.05, 0) is 65.8 Å². The van der Waals surface area contributed by atoms with Gasteiger partial charge in [-0.2, -0.15) is 0 Å². The van der Waals surface area contributed by atoms with Gasteiger partial charge in [0, 0.05) is 55.0 Å². The minimum Gasteiger partial charge on any atom is -1.00 e. The highest BCUT2D eigenvalue weighted by atomic mass is 127. The smallest absolute Gasteiger partial charge is 0.255 e. The van der Waals surface area contributed by atoms with Gasteiger partial charge < -0.3 is 49.1 Å². The zero-order chi connectivity index (χ0) is 28.8. The summed E-state index contributed by atoms with van der Waals surface area (Å²) in [7, 11) is 2.15. The first kappa shape index (κ1) is 33.1. The Labute approximate surface area is 270 Å². The highest BCUT2D eigenvalue weighted by Crippen LogP contribution is 2.27. The van der Waals surface area contributed by atoms with Crippen molar-refractivity contribution in [2.24, 2.45) is 7.05 Å². The monoisotopic (exact) mass is 728 g/mol. The van der Waals surface area contributed by atoms with E-state index in [4.69, 9.17) is 28.2 Å². The van der Waals surface area contributed by atoms with Crippen LogP contribution in [0.2, 0.25) is 0 Å². The van der Waals surface area contributed by atoms with Gasteiger partial charge in [-0.15, -0.1) is 23.2 Å². The average Bonchev–Trinajstić information content (AvgIpc) is 3.52. The molecule has 0 atom stereocenters. The van der Waals surface area contributed by atoms with Crippen LogP contribution in [0.3, 0.4) is 0 Å². The Morgan fingerprint density at radius 3 is 2.44 bits per heavy atom. The van der Waals surface area contributed by atoms with Crippen LogP contribution in [0.5, 0.6) is 0 Å². The van der Waals surface area contributed by atoms with E-state index in [0.717, 1.165) is 33.9 Å². The Balaban J connectivity index is 0.00000462. The van der Waals surface area contributed by atoms with Gasteiger partial charge in [-0.3, -0.25) is 9.59 Å². The van der Waals surface area contributed by atoms with E-state index in [-0.39, 0.29) is 46.7 Å². The number of aromatic nitrogens is 3. The second-order valence-corrected chi connectivity index (χ2v) is 12.9. The molecule has 8 nitrogen and oxygen atoms in total. The van der Waals surface area contributed by atoms with Gasteiger partial charge in [0.15, 0.2) is 5.82 Å². The zero-order valence-electron chi connectivity index (χ0n) is 23.6. The number of hydrogen-bond donors (Lipinski definition) is 3. The van der Waals surface area contributed by atoms with Gasteiger partial charge in [0.05, 0.1) is 41.3 Å². The molecule has 0 aliphatic carbocycles. The lowest BCUT2D eigenvalue weighted by Crippen LogP contribution is -3.00. The van der Waals surface area contributed by atoms with Gasteiger partial charge in [0.25, 0.3) is 5.91 Å². The van der Waals surface area contributed by atoms with Crippen molar-refractivity contribution in [3.8, 4) is 11.5 Å². The van der Waals surface area contributed by atoms with Crippen molar-refractivity contribution in [2.75, 3.05) is 58.6 Å². The molecule has 3 N–H and O–H groups in total. The van der Waals surface area contributed by atoms with Crippen molar-refractivity contribution in [3.05, 3.63) is 59.8 Å². The molecule has 0 fully saturated rings. The number of halogens is 3. The first-order chi connectivity index (χ1) is 19.2. The highest BCUT2D eigenvalue weighted by molar-refractivity contribution is 7.95. The third kappa shape index (κ3) is 8.33. The van der Waals surface area contributed by atoms with E-state index in [1.54, 1.807) is 18.3 Å². The predicted molar refractivity (Wildman–Crippen MR) is 171 cm³/mol. The summed E-state index contributed by atoms with van der Waals surface area (Å²) < 4.78 is 1.96. The topological polar surface area (TPSA) is 95.1 Å². The number of imidazole rings is 1. The van der Waals surface area contributed by atoms with E-state index in [9.17, 15) is 9.59 Å². The lowest BCUT2D eigenvalue weighted by Gasteiger charge is -2.24. The minimum absolute atomic E-state index is 0. The molecule has 0 aliphatic heterocycles. The number of carbonyl (C=O) groups is 2. The van der Waals surface area contributed by atoms with Crippen molar-refractivity contribution >= 4 is 74.0 Å². The summed E-state index contributed by atoms with van der Waals surface area (Å²) in [4.78, 5) is 35.5. The molecule has 0 bridgehead atoms. The van der Waals surface area contributed by atoms with Crippen LogP contribution < -0.4 is 39.5 Å². The van der Waals surface area contributed by atoms with Crippen LogP contribution in [0, 0.1) is 6.92 Å². The minimum atomic E-state index is -0.213. The third-order valence-electron chi connectivity index (χ3n) is 6.62. The van der Waals surface area contributed by atoms with Crippen LogP contribution in [0.25, 0.3) is 22.6 Å². The molecule has 0 aliphatic rings. The van der Waals surface area contributed by atoms with Crippen LogP contribution in [0.4, 0.5) is 17.1 Å². The number of carbonyl (C=O) groups excluding carboxylic acids is 2. The lowest BCUT2D eigenvalue weighted by atomic mass is 10.1. The number of aryl methyl sites for hydroxylation is 2. The molecular formula is C29H35Cl2IN6O2S. The molecule has 41 heavy (non-hydrogen) atoms. The normalized spacial score (nSPS) is 11.0. The number of amides is 2. The molecule has 0 unspecified atom stereocenters. The Morgan fingerprint density at radius 1 is 1.05 bits per heavy atom. The number of nitrogens with zero attached hydrogens (tertiary/aromatic N) is 3. The summed E-state index contributed by atoms with van der Waals surface area (Å²) >= 11 is 11.9. The second kappa shape index (κ2) is 15.2. The maximum absolute atomic E-state index is 13.2. The number of H-pyrrole nitrogens is 1. The fourth-order valence-corrected chi connectivity index (χ4v) is 5.45. The molecule has 4 rings (SSSR count). The van der Waals surface area contributed by atoms with E-state index in [1.165, 1.54) is 0 Å². The highest BCUT2D eigenvalue weighted by Gasteiger charge is 2.16. The quantitative estimate of drug-likeness (QED) is 0.119. The van der Waals surface area contributed by atoms with Crippen molar-refractivity contribution in [1.29, 1.82) is 0 Å². The van der Waals surface area contributed by atoms with Crippen LogP contribution in [-0.4, -0.2) is 69.5 Å². The number of aromatic amines is 1. The summed E-state index contributed by atoms with van der Waals surface area (Å²) in [5.41, 5.74) is 6.28. The number of benzene rings is 2. The standard InChI is InChI=1S/C29H34Cl2N6O2S.HI/c1-19-15-22(37(12-10-30)13-11-31)6-7-23(19)35-29(39)20-5-8-26-24(16-20)34-28(36(26)2)25-17-21(18-32-25)33-27(38)9-14-40(3)4;/h5-8,15-18H,9-14H2,1-4H3,(H2-,32,33,34,35,38,39);1H. The number of alkyl halides is 2. The predicted octanol–water partition coefficient (Wildman–Crippen LogP) is 2.62. The van der Waals surface area contributed by atoms with Crippen molar-refractivity contribution in [1.82, 2.24) is 14.5 Å². The molecule has 220 valence electrons. The number of anilines is 3. The van der Waals surface area contributed by atoms with Crippen LogP contribution in [-0.2, 0) is 22.7 Å². The SMILES string of the molecule is Cc1cc(N(CCCl)CCCl)ccc1NC(=O)c1ccc2c(c1)nc(-c1cc(NC(=O)CC[S+](C)C)c[nH]1)n2C.[I-]. The fraction of sp³-hybridized carbons (Fsp3) is 0.345. The van der Waals surface area contributed by atoms with E-state index in [0.29, 0.717) is 53.9 Å². The first-order valence-electron chi connectivity index (χ1n) is 13.0. The number of fused-ring (bicyclic) bond motifs is 1. The number of hydrogen-bond acceptors (Lipinski definition) is 4. The fourth-order valence-electron chi connectivity index (χ4n) is 4.45. The van der Waals surface area contributed by atoms with E-state index < -0.39 is 0 Å². The summed E-state index contributed by atoms with van der Waals surface area (Å²) in [5, 5.41) is 5.97. The molecular weight excluding hydrogens is 694 g/mol. The Hall–Kier alpha value is -2.41. The molecule has 2 aromatic heterocycles. The summed E-state index contributed by atoms with van der Waals surface area (Å²) in [6.45, 7) is 3.36. The van der Waals surface area contributed by atoms with Crippen LogP contribution >= 0.6 is 23.2 Å². The van der Waals surface area contributed by atoms with E-state index >= 15 is 0 Å². The molecule has 0 saturated heterocycles. The van der Waals surface area contributed by atoms with Gasteiger partial charge in [-0.1, -0.05) is 0 Å². The Kier molecular flexibility index (Phi) is 12.2. The van der Waals surface area contributed by atoms with Crippen molar-refractivity contribution in [3.63, 3.8) is 0 Å². The van der Waals surface area contributed by atoms with Crippen LogP contribution in [0.1, 0.15) is 22.3 Å². The molecule has 0 spiro atoms. The number of nitrogens with one attached hydrogen (secondary N) is 3. The van der Waals surface area contributed by atoms with E-state index in [2.05, 4.69) is 33.0 Å². The van der Waals surface area contributed by atoms with Crippen LogP contribution in [0.15, 0.2) is 48.7 Å². The zero-order valence-corrected chi connectivity index (χ0v) is 28.0. The molecule has 0 radical (unpaired) electrons. The lowest BCUT2D eigenvalue weighted by molar-refractivity contribution is -0.115. The largest absolute Gasteiger partial charge is 1.00 e. The maximum atomic E-state index is 13.2. The summed E-state index contributed by atoms with van der Waals surface area (Å²) in [6.07, 6.45) is 6.52. The van der Waals surface area contributed by atoms with Gasteiger partial charge >= 0.3 is 0 Å². The number of rotatable bonds is 12. The van der Waals surface area contributed by atoms with Crippen molar-refractivity contribution in [2.45, 2.75) is 13.3 Å². The Morgan fingerprint density at radius 2 is 1.78 bits per heavy atom. The van der Waals surface area contributed by atoms with Gasteiger partial charge in [-0.25, -0.2) is 4.98 Å². The Bertz CT molecular complexity index is 1500. The maximum Gasteiger partial charge on any atom is 0.255 e. The molecule has 12 heteroatoms. The molecule has 4 aromatic rings. The molecule has 0 saturated carbocycles. The van der Waals surface area contributed by atoms with Crippen molar-refractivity contribution < 1.29 is 33.6 Å². The second-order valence-electron chi connectivity index (χ2n) is 9.81. The molecule has 2 aromatic carbocycles.